The van der Waals surface area contributed by atoms with Crippen molar-refractivity contribution in [1.82, 2.24) is 20.4 Å². The minimum Gasteiger partial charge on any atom is -0.337 e. The number of carbonyl (C=O) groups is 1. The van der Waals surface area contributed by atoms with Crippen molar-refractivity contribution in [3.63, 3.8) is 0 Å². The Morgan fingerprint density at radius 2 is 2.39 bits per heavy atom. The molecular weight excluding hydrogens is 308 g/mol. The third-order valence-corrected chi connectivity index (χ3v) is 5.41. The number of likely N-dealkylation sites (tertiary alicyclic amines) is 1. The second kappa shape index (κ2) is 6.74. The number of aromatic nitrogens is 2. The van der Waals surface area contributed by atoms with Gasteiger partial charge in [-0.15, -0.1) is 0 Å². The van der Waals surface area contributed by atoms with E-state index in [1.807, 2.05) is 18.7 Å². The zero-order valence-corrected chi connectivity index (χ0v) is 14.7. The summed E-state index contributed by atoms with van der Waals surface area (Å²) in [7, 11) is 0. The number of H-pyrrole nitrogens is 1. The number of nitrogens with one attached hydrogen (secondary N) is 2. The first-order valence-electron chi connectivity index (χ1n) is 8.16. The maximum absolute atomic E-state index is 12.6. The van der Waals surface area contributed by atoms with Gasteiger partial charge >= 0.3 is 6.03 Å². The van der Waals surface area contributed by atoms with Gasteiger partial charge in [0, 0.05) is 24.3 Å². The molecule has 1 saturated heterocycles. The first-order valence-corrected chi connectivity index (χ1v) is 9.10. The molecule has 0 bridgehead atoms. The van der Waals surface area contributed by atoms with Gasteiger partial charge in [0.2, 0.25) is 0 Å². The van der Waals surface area contributed by atoms with Crippen LogP contribution in [0.25, 0.3) is 0 Å². The molecule has 2 amide bonds. The van der Waals surface area contributed by atoms with E-state index in [1.54, 1.807) is 11.3 Å². The summed E-state index contributed by atoms with van der Waals surface area (Å²) >= 11 is 1.70. The van der Waals surface area contributed by atoms with Gasteiger partial charge in [-0.1, -0.05) is 6.92 Å². The van der Waals surface area contributed by atoms with E-state index in [0.717, 1.165) is 30.8 Å². The number of nitrogens with zero attached hydrogens (tertiary/aromatic N) is 2. The standard InChI is InChI=1S/C17H24N4OS/c1-11(14-6-8-23-10-14)9-18-17(22)21-7-4-5-15(21)16-12(2)19-20-13(16)3/h6,8,10-11,15H,4-5,7,9H2,1-3H3,(H,18,22)(H,19,20)/t11-,15+/m1/s1. The molecule has 2 aromatic heterocycles. The number of hydrogen-bond acceptors (Lipinski definition) is 3. The van der Waals surface area contributed by atoms with Gasteiger partial charge in [0.05, 0.1) is 11.7 Å². The fraction of sp³-hybridized carbons (Fsp3) is 0.529. The first kappa shape index (κ1) is 16.1. The van der Waals surface area contributed by atoms with Crippen LogP contribution in [0.5, 0.6) is 0 Å². The Morgan fingerprint density at radius 1 is 1.57 bits per heavy atom. The van der Waals surface area contributed by atoms with E-state index in [0.29, 0.717) is 12.5 Å². The molecule has 1 fully saturated rings. The Hall–Kier alpha value is -1.82. The van der Waals surface area contributed by atoms with E-state index in [1.165, 1.54) is 11.1 Å². The Kier molecular flexibility index (Phi) is 4.71. The van der Waals surface area contributed by atoms with Crippen molar-refractivity contribution >= 4 is 17.4 Å². The zero-order valence-electron chi connectivity index (χ0n) is 13.9. The summed E-state index contributed by atoms with van der Waals surface area (Å²) < 4.78 is 0. The minimum absolute atomic E-state index is 0.0366. The van der Waals surface area contributed by atoms with Gasteiger partial charge < -0.3 is 10.2 Å². The predicted molar refractivity (Wildman–Crippen MR) is 92.9 cm³/mol. The highest BCUT2D eigenvalue weighted by atomic mass is 32.1. The molecule has 3 heterocycles. The van der Waals surface area contributed by atoms with Crippen LogP contribution in [0.3, 0.4) is 0 Å². The average molecular weight is 332 g/mol. The van der Waals surface area contributed by atoms with Crippen molar-refractivity contribution in [1.29, 1.82) is 0 Å². The summed E-state index contributed by atoms with van der Waals surface area (Å²) in [6.07, 6.45) is 2.05. The lowest BCUT2D eigenvalue weighted by Crippen LogP contribution is -2.41. The highest BCUT2D eigenvalue weighted by molar-refractivity contribution is 7.07. The highest BCUT2D eigenvalue weighted by Gasteiger charge is 2.33. The molecular formula is C17H24N4OS. The summed E-state index contributed by atoms with van der Waals surface area (Å²) in [5.74, 6) is 0.337. The summed E-state index contributed by atoms with van der Waals surface area (Å²) in [5, 5.41) is 14.6. The van der Waals surface area contributed by atoms with Gasteiger partial charge in [-0.3, -0.25) is 5.10 Å². The van der Waals surface area contributed by atoms with Crippen molar-refractivity contribution in [3.8, 4) is 0 Å². The number of amides is 2. The lowest BCUT2D eigenvalue weighted by Gasteiger charge is -2.26. The van der Waals surface area contributed by atoms with Crippen LogP contribution in [0.2, 0.25) is 0 Å². The van der Waals surface area contributed by atoms with E-state index in [4.69, 9.17) is 0 Å². The first-order chi connectivity index (χ1) is 11.1. The number of urea groups is 1. The van der Waals surface area contributed by atoms with E-state index in [9.17, 15) is 4.79 Å². The third-order valence-electron chi connectivity index (χ3n) is 4.70. The number of rotatable bonds is 4. The number of hydrogen-bond donors (Lipinski definition) is 2. The van der Waals surface area contributed by atoms with Crippen LogP contribution in [0.4, 0.5) is 4.79 Å². The van der Waals surface area contributed by atoms with Gasteiger partial charge in [0.25, 0.3) is 0 Å². The monoisotopic (exact) mass is 332 g/mol. The van der Waals surface area contributed by atoms with Crippen LogP contribution in [0, 0.1) is 13.8 Å². The van der Waals surface area contributed by atoms with Gasteiger partial charge in [0.15, 0.2) is 0 Å². The summed E-state index contributed by atoms with van der Waals surface area (Å²) in [4.78, 5) is 14.6. The van der Waals surface area contributed by atoms with Crippen LogP contribution in [0.15, 0.2) is 16.8 Å². The molecule has 2 N–H and O–H groups in total. The van der Waals surface area contributed by atoms with Crippen molar-refractivity contribution < 1.29 is 4.79 Å². The molecule has 23 heavy (non-hydrogen) atoms. The largest absolute Gasteiger partial charge is 0.337 e. The number of aromatic amines is 1. The molecule has 2 atom stereocenters. The molecule has 2 aromatic rings. The van der Waals surface area contributed by atoms with Gasteiger partial charge in [0.1, 0.15) is 0 Å². The Morgan fingerprint density at radius 3 is 3.04 bits per heavy atom. The molecule has 1 aliphatic rings. The third kappa shape index (κ3) is 3.27. The second-order valence-corrected chi connectivity index (χ2v) is 7.12. The van der Waals surface area contributed by atoms with E-state index < -0.39 is 0 Å². The number of thiophene rings is 1. The molecule has 3 rings (SSSR count). The lowest BCUT2D eigenvalue weighted by atomic mass is 10.0. The van der Waals surface area contributed by atoms with E-state index in [2.05, 4.69) is 39.3 Å². The molecule has 0 saturated carbocycles. The van der Waals surface area contributed by atoms with Crippen molar-refractivity contribution in [3.05, 3.63) is 39.3 Å². The fourth-order valence-corrected chi connectivity index (χ4v) is 4.16. The summed E-state index contributed by atoms with van der Waals surface area (Å²) in [6, 6.07) is 2.30. The summed E-state index contributed by atoms with van der Waals surface area (Å²) in [5.41, 5.74) is 4.54. The van der Waals surface area contributed by atoms with Gasteiger partial charge in [-0.05, 0) is 55.0 Å². The molecule has 5 nitrogen and oxygen atoms in total. The summed E-state index contributed by atoms with van der Waals surface area (Å²) in [6.45, 7) is 7.66. The Bertz CT molecular complexity index is 645. The maximum Gasteiger partial charge on any atom is 0.317 e. The fourth-order valence-electron chi connectivity index (χ4n) is 3.38. The molecule has 0 spiro atoms. The minimum atomic E-state index is 0.0366. The van der Waals surface area contributed by atoms with Crippen LogP contribution in [0.1, 0.15) is 54.2 Å². The second-order valence-electron chi connectivity index (χ2n) is 6.34. The Balaban J connectivity index is 1.64. The topological polar surface area (TPSA) is 61.0 Å². The van der Waals surface area contributed by atoms with E-state index >= 15 is 0 Å². The zero-order chi connectivity index (χ0) is 16.4. The molecule has 0 unspecified atom stereocenters. The average Bonchev–Trinajstić information content (AvgIpc) is 3.25. The molecule has 0 aliphatic carbocycles. The number of aryl methyl sites for hydroxylation is 2. The predicted octanol–water partition coefficient (Wildman–Crippen LogP) is 3.74. The maximum atomic E-state index is 12.6. The number of carbonyl (C=O) groups excluding carboxylic acids is 1. The smallest absolute Gasteiger partial charge is 0.317 e. The van der Waals surface area contributed by atoms with Crippen molar-refractivity contribution in [2.75, 3.05) is 13.1 Å². The van der Waals surface area contributed by atoms with Gasteiger partial charge in [-0.2, -0.15) is 16.4 Å². The SMILES string of the molecule is Cc1n[nH]c(C)c1[C@@H]1CCCN1C(=O)NC[C@@H](C)c1ccsc1. The van der Waals surface area contributed by atoms with Gasteiger partial charge in [-0.25, -0.2) is 4.79 Å². The van der Waals surface area contributed by atoms with Crippen molar-refractivity contribution in [2.24, 2.45) is 0 Å². The van der Waals surface area contributed by atoms with Crippen LogP contribution < -0.4 is 5.32 Å². The van der Waals surface area contributed by atoms with Crippen LogP contribution in [-0.4, -0.2) is 34.2 Å². The Labute approximate surface area is 141 Å². The van der Waals surface area contributed by atoms with E-state index in [-0.39, 0.29) is 12.1 Å². The van der Waals surface area contributed by atoms with Crippen LogP contribution >= 0.6 is 11.3 Å². The van der Waals surface area contributed by atoms with Crippen molar-refractivity contribution in [2.45, 2.75) is 45.6 Å². The molecule has 124 valence electrons. The molecule has 0 radical (unpaired) electrons. The molecule has 0 aromatic carbocycles. The normalized spacial score (nSPS) is 19.1. The molecule has 1 aliphatic heterocycles. The van der Waals surface area contributed by atoms with Crippen LogP contribution in [-0.2, 0) is 0 Å². The molecule has 6 heteroatoms. The lowest BCUT2D eigenvalue weighted by molar-refractivity contribution is 0.192. The quantitative estimate of drug-likeness (QED) is 0.896. The highest BCUT2D eigenvalue weighted by Crippen LogP contribution is 2.34.